The van der Waals surface area contributed by atoms with Gasteiger partial charge in [0.25, 0.3) is 0 Å². The molecule has 8 unspecified atom stereocenters. The molecule has 0 saturated carbocycles. The van der Waals surface area contributed by atoms with Crippen molar-refractivity contribution in [3.8, 4) is 0 Å². The fourth-order valence-corrected chi connectivity index (χ4v) is 13.8. The number of unbranched alkanes of at least 4 members (excludes halogenated alkanes) is 38. The van der Waals surface area contributed by atoms with Crippen LogP contribution >= 0.6 is 74.5 Å². The van der Waals surface area contributed by atoms with Crippen LogP contribution in [0.15, 0.2) is 0 Å². The third kappa shape index (κ3) is 65.9. The summed E-state index contributed by atoms with van der Waals surface area (Å²) in [6.07, 6.45) is 56.1. The molecule has 0 aliphatic heterocycles. The summed E-state index contributed by atoms with van der Waals surface area (Å²) in [4.78, 5) is 24.1. The lowest BCUT2D eigenvalue weighted by atomic mass is 10.0. The van der Waals surface area contributed by atoms with E-state index in [0.29, 0.717) is 49.3 Å². The number of hydrogen-bond donors (Lipinski definition) is 12. The van der Waals surface area contributed by atoms with Gasteiger partial charge in [0.15, 0.2) is 0 Å². The van der Waals surface area contributed by atoms with Crippen LogP contribution in [0.5, 0.6) is 0 Å². The number of thiol groups is 4. The molecular formula is C71H144N6O8S6. The SMILES string of the molecule is CCCCCCCCCCCCCCCCC(S)OCC(CSCC(NC(S)CCCCCCCCCCCCCCC)C(=S)NC(CO)C(S)NCCNC(=O)COCCOCCNC(O)CNC(C)=O)OC(S)CCCCCCCCCCCCCCCC. The van der Waals surface area contributed by atoms with Crippen molar-refractivity contribution in [3.05, 3.63) is 0 Å². The van der Waals surface area contributed by atoms with Crippen LogP contribution in [0.2, 0.25) is 0 Å². The molecule has 0 spiro atoms. The van der Waals surface area contributed by atoms with E-state index >= 15 is 0 Å². The molecule has 0 aromatic rings. The molecule has 91 heavy (non-hydrogen) atoms. The zero-order chi connectivity index (χ0) is 66.7. The molecule has 542 valence electrons. The number of carbonyl (C=O) groups is 2. The van der Waals surface area contributed by atoms with Gasteiger partial charge < -0.3 is 50.4 Å². The average molecular weight is 1400 g/mol. The first-order valence-electron chi connectivity index (χ1n) is 37.4. The predicted molar refractivity (Wildman–Crippen MR) is 408 cm³/mol. The minimum atomic E-state index is -0.862. The van der Waals surface area contributed by atoms with Crippen molar-refractivity contribution >= 4 is 91.3 Å². The van der Waals surface area contributed by atoms with Gasteiger partial charge in [-0.15, -0.1) is 25.3 Å². The van der Waals surface area contributed by atoms with Gasteiger partial charge in [0.05, 0.1) is 73.5 Å². The maximum absolute atomic E-state index is 12.5. The number of aliphatic hydroxyl groups excluding tert-OH is 2. The minimum absolute atomic E-state index is 0.0666. The molecule has 0 aliphatic rings. The molecule has 14 nitrogen and oxygen atoms in total. The molecule has 0 heterocycles. The summed E-state index contributed by atoms with van der Waals surface area (Å²) < 4.78 is 24.1. The zero-order valence-corrected chi connectivity index (χ0v) is 63.9. The quantitative estimate of drug-likeness (QED) is 0.0120. The number of hydrogen-bond acceptors (Lipinski definition) is 17. The second-order valence-electron chi connectivity index (χ2n) is 25.7. The van der Waals surface area contributed by atoms with E-state index in [1.807, 2.05) is 0 Å². The first-order chi connectivity index (χ1) is 44.4. The molecule has 0 aromatic heterocycles. The standard InChI is InChI=1S/C71H144N6O8S6/c1-5-8-11-14-17-20-23-26-29-32-35-38-41-44-47-68(87)84-57-62(85-69(88)48-45-42-39-36-33-30-27-24-21-18-15-12-9-6-2)59-91-60-64(76-67(86)46-43-40-37-34-31-28-25-22-19-16-13-10-7-3)71(90)77-63(56-78)70(89)74-50-49-72-66(81)58-83-54-53-82-52-51-73-65(80)55-75-61(4)79/h62-65,67-70,73-74,76,78,80,86-89H,5-60H2,1-4H3,(H,72,81)(H,75,79)(H,77,90). The minimum Gasteiger partial charge on any atom is -0.394 e. The normalized spacial score (nSPS) is 14.4. The highest BCUT2D eigenvalue weighted by Crippen LogP contribution is 2.22. The van der Waals surface area contributed by atoms with E-state index in [1.54, 1.807) is 11.8 Å². The molecule has 2 amide bonds. The van der Waals surface area contributed by atoms with Crippen LogP contribution in [-0.2, 0) is 28.5 Å². The second kappa shape index (κ2) is 71.5. The molecule has 0 fully saturated rings. The first-order valence-corrected chi connectivity index (χ1v) is 41.0. The Morgan fingerprint density at radius 1 is 0.505 bits per heavy atom. The van der Waals surface area contributed by atoms with Crippen molar-refractivity contribution in [1.82, 2.24) is 31.9 Å². The highest BCUT2D eigenvalue weighted by Gasteiger charge is 2.25. The van der Waals surface area contributed by atoms with Gasteiger partial charge in [-0.3, -0.25) is 20.2 Å². The number of aliphatic hydroxyl groups is 2. The molecule has 20 heteroatoms. The summed E-state index contributed by atoms with van der Waals surface area (Å²) >= 11 is 27.8. The van der Waals surface area contributed by atoms with E-state index < -0.39 is 17.6 Å². The van der Waals surface area contributed by atoms with Gasteiger partial charge in [-0.05, 0) is 19.3 Å². The van der Waals surface area contributed by atoms with Crippen LogP contribution in [0.3, 0.4) is 0 Å². The van der Waals surface area contributed by atoms with Crippen molar-refractivity contribution in [2.45, 2.75) is 356 Å². The Kier molecular flexibility index (Phi) is 71.7. The van der Waals surface area contributed by atoms with E-state index in [0.717, 1.165) is 38.5 Å². The van der Waals surface area contributed by atoms with Crippen LogP contribution in [-0.4, -0.2) is 150 Å². The number of thiocarbonyl (C=S) groups is 1. The monoisotopic (exact) mass is 1400 g/mol. The third-order valence-electron chi connectivity index (χ3n) is 16.8. The number of amides is 2. The Bertz CT molecular complexity index is 1560. The number of ether oxygens (including phenoxy) is 4. The summed E-state index contributed by atoms with van der Waals surface area (Å²) in [6.45, 7) is 10.5. The van der Waals surface area contributed by atoms with E-state index in [-0.39, 0.29) is 73.2 Å². The Labute approximate surface area is 591 Å². The maximum atomic E-state index is 12.5. The van der Waals surface area contributed by atoms with Crippen molar-refractivity contribution < 1.29 is 38.7 Å². The molecule has 8 N–H and O–H groups in total. The molecule has 0 bridgehead atoms. The molecule has 0 aromatic carbocycles. The molecule has 0 rings (SSSR count). The van der Waals surface area contributed by atoms with Crippen molar-refractivity contribution in [2.24, 2.45) is 0 Å². The summed E-state index contributed by atoms with van der Waals surface area (Å²) in [5.41, 5.74) is -0.331. The van der Waals surface area contributed by atoms with Crippen LogP contribution < -0.4 is 31.9 Å². The molecule has 8 atom stereocenters. The third-order valence-corrected chi connectivity index (χ3v) is 20.1. The van der Waals surface area contributed by atoms with Gasteiger partial charge in [0.1, 0.15) is 23.7 Å². The number of nitrogens with one attached hydrogen (secondary N) is 6. The fourth-order valence-electron chi connectivity index (χ4n) is 11.1. The lowest BCUT2D eigenvalue weighted by Crippen LogP contribution is -2.56. The lowest BCUT2D eigenvalue weighted by molar-refractivity contribution is -0.126. The first kappa shape index (κ1) is 91.2. The summed E-state index contributed by atoms with van der Waals surface area (Å²) in [7, 11) is 0. The number of thioether (sulfide) groups is 1. The van der Waals surface area contributed by atoms with Crippen LogP contribution in [0.1, 0.15) is 310 Å². The van der Waals surface area contributed by atoms with E-state index in [4.69, 9.17) is 81.7 Å². The van der Waals surface area contributed by atoms with Gasteiger partial charge in [-0.1, -0.05) is 296 Å². The molecule has 0 aliphatic carbocycles. The van der Waals surface area contributed by atoms with Gasteiger partial charge in [0.2, 0.25) is 11.8 Å². The number of carbonyl (C=O) groups excluding carboxylic acids is 2. The Morgan fingerprint density at radius 3 is 1.38 bits per heavy atom. The average Bonchev–Trinajstić information content (AvgIpc) is 3.43. The van der Waals surface area contributed by atoms with E-state index in [9.17, 15) is 19.8 Å². The van der Waals surface area contributed by atoms with Crippen LogP contribution in [0.25, 0.3) is 0 Å². The van der Waals surface area contributed by atoms with Gasteiger partial charge >= 0.3 is 0 Å². The molecule has 0 radical (unpaired) electrons. The van der Waals surface area contributed by atoms with Crippen molar-refractivity contribution in [2.75, 3.05) is 77.3 Å². The lowest BCUT2D eigenvalue weighted by Gasteiger charge is -2.30. The van der Waals surface area contributed by atoms with E-state index in [1.165, 1.54) is 251 Å². The maximum Gasteiger partial charge on any atom is 0.246 e. The van der Waals surface area contributed by atoms with E-state index in [2.05, 4.69) is 52.7 Å². The smallest absolute Gasteiger partial charge is 0.246 e. The Balaban J connectivity index is 5.52. The van der Waals surface area contributed by atoms with Crippen LogP contribution in [0.4, 0.5) is 0 Å². The summed E-state index contributed by atoms with van der Waals surface area (Å²) in [6, 6.07) is -0.744. The van der Waals surface area contributed by atoms with Gasteiger partial charge in [0, 0.05) is 38.1 Å². The van der Waals surface area contributed by atoms with Crippen molar-refractivity contribution in [3.63, 3.8) is 0 Å². The van der Waals surface area contributed by atoms with Crippen molar-refractivity contribution in [1.29, 1.82) is 0 Å². The topological polar surface area (TPSA) is 184 Å². The summed E-state index contributed by atoms with van der Waals surface area (Å²) in [5, 5.41) is 38.7. The van der Waals surface area contributed by atoms with Gasteiger partial charge in [-0.2, -0.15) is 37.0 Å². The number of rotatable bonds is 74. The molecular weight excluding hydrogens is 1260 g/mol. The summed E-state index contributed by atoms with van der Waals surface area (Å²) in [5.74, 6) is 0.886. The second-order valence-corrected chi connectivity index (χ2v) is 29.5. The Hall–Kier alpha value is 0.220. The predicted octanol–water partition coefficient (Wildman–Crippen LogP) is 16.4. The highest BCUT2D eigenvalue weighted by atomic mass is 32.2. The zero-order valence-electron chi connectivity index (χ0n) is 58.7. The fraction of sp³-hybridized carbons (Fsp3) is 0.958. The van der Waals surface area contributed by atoms with Gasteiger partial charge in [-0.25, -0.2) is 0 Å². The largest absolute Gasteiger partial charge is 0.394 e. The van der Waals surface area contributed by atoms with Crippen LogP contribution in [0, 0.1) is 0 Å². The highest BCUT2D eigenvalue weighted by molar-refractivity contribution is 7.99. The molecule has 0 saturated heterocycles. The Morgan fingerprint density at radius 2 is 0.934 bits per heavy atom.